The maximum Gasteiger partial charge on any atom is 0.325 e. The van der Waals surface area contributed by atoms with Crippen LogP contribution in [-0.4, -0.2) is 37.5 Å². The number of benzene rings is 1. The van der Waals surface area contributed by atoms with Gasteiger partial charge in [0.2, 0.25) is 0 Å². The zero-order valence-corrected chi connectivity index (χ0v) is 14.4. The van der Waals surface area contributed by atoms with Crippen LogP contribution in [0.4, 0.5) is 5.69 Å². The molecular weight excluding hydrogens is 340 g/mol. The van der Waals surface area contributed by atoms with Crippen molar-refractivity contribution in [3.8, 4) is 0 Å². The number of para-hydroxylation sites is 1. The molecule has 0 atom stereocenters. The Kier molecular flexibility index (Phi) is 5.45. The number of ether oxygens (including phenoxy) is 1. The van der Waals surface area contributed by atoms with E-state index in [1.54, 1.807) is 22.4 Å². The molecule has 0 spiro atoms. The van der Waals surface area contributed by atoms with Crippen molar-refractivity contribution in [1.82, 2.24) is 5.32 Å². The Morgan fingerprint density at radius 3 is 2.80 bits per heavy atom. The first kappa shape index (κ1) is 17.2. The molecule has 0 aliphatic carbocycles. The van der Waals surface area contributed by atoms with Crippen LogP contribution >= 0.6 is 11.3 Å². The lowest BCUT2D eigenvalue weighted by Gasteiger charge is -2.29. The topological polar surface area (TPSA) is 75.7 Å². The fourth-order valence-corrected chi connectivity index (χ4v) is 3.35. The number of nitrogens with one attached hydrogen (secondary N) is 1. The van der Waals surface area contributed by atoms with Crippen LogP contribution in [0.25, 0.3) is 0 Å². The standard InChI is InChI=1S/C18H18N2O4S/c21-16(20-9-3-6-13-5-1-2-7-14(13)20)12-24-17(22)11-19-18(23)15-8-4-10-25-15/h1-2,4-5,7-8,10H,3,6,9,11-12H2,(H,19,23). The Morgan fingerprint density at radius 1 is 1.16 bits per heavy atom. The average Bonchev–Trinajstić information content (AvgIpc) is 3.18. The van der Waals surface area contributed by atoms with Gasteiger partial charge in [-0.25, -0.2) is 0 Å². The number of carbonyl (C=O) groups excluding carboxylic acids is 3. The van der Waals surface area contributed by atoms with E-state index in [4.69, 9.17) is 4.74 Å². The first-order valence-corrected chi connectivity index (χ1v) is 8.88. The molecule has 2 amide bonds. The SMILES string of the molecule is O=C(CNC(=O)c1cccs1)OCC(=O)N1CCCc2ccccc21. The molecule has 0 fully saturated rings. The lowest BCUT2D eigenvalue weighted by atomic mass is 10.0. The highest BCUT2D eigenvalue weighted by molar-refractivity contribution is 7.12. The van der Waals surface area contributed by atoms with Gasteiger partial charge in [-0.2, -0.15) is 0 Å². The summed E-state index contributed by atoms with van der Waals surface area (Å²) in [5, 5.41) is 4.26. The highest BCUT2D eigenvalue weighted by atomic mass is 32.1. The van der Waals surface area contributed by atoms with Gasteiger partial charge in [0.1, 0.15) is 6.54 Å². The molecule has 0 radical (unpaired) electrons. The summed E-state index contributed by atoms with van der Waals surface area (Å²) in [6.07, 6.45) is 1.82. The van der Waals surface area contributed by atoms with E-state index in [2.05, 4.69) is 5.32 Å². The molecule has 2 aromatic rings. The molecule has 1 aliphatic rings. The lowest BCUT2D eigenvalue weighted by molar-refractivity contribution is -0.146. The first-order valence-electron chi connectivity index (χ1n) is 8.01. The third-order valence-electron chi connectivity index (χ3n) is 3.91. The van der Waals surface area contributed by atoms with Crippen LogP contribution < -0.4 is 10.2 Å². The molecule has 1 aliphatic heterocycles. The van der Waals surface area contributed by atoms with Crippen LogP contribution in [0.2, 0.25) is 0 Å². The van der Waals surface area contributed by atoms with Crippen molar-refractivity contribution < 1.29 is 19.1 Å². The fraction of sp³-hybridized carbons (Fsp3) is 0.278. The molecule has 0 saturated carbocycles. The molecule has 25 heavy (non-hydrogen) atoms. The molecule has 1 aromatic carbocycles. The van der Waals surface area contributed by atoms with Gasteiger partial charge in [0.25, 0.3) is 11.8 Å². The van der Waals surface area contributed by atoms with Gasteiger partial charge in [0.05, 0.1) is 4.88 Å². The second-order valence-corrected chi connectivity index (χ2v) is 6.55. The molecule has 0 saturated heterocycles. The molecule has 0 bridgehead atoms. The Hall–Kier alpha value is -2.67. The number of anilines is 1. The number of carbonyl (C=O) groups is 3. The highest BCUT2D eigenvalue weighted by Crippen LogP contribution is 2.26. The van der Waals surface area contributed by atoms with Gasteiger partial charge in [0, 0.05) is 12.2 Å². The van der Waals surface area contributed by atoms with E-state index in [-0.39, 0.29) is 25.0 Å². The number of esters is 1. The van der Waals surface area contributed by atoms with Crippen molar-refractivity contribution in [3.63, 3.8) is 0 Å². The van der Waals surface area contributed by atoms with Gasteiger partial charge in [-0.1, -0.05) is 24.3 Å². The second kappa shape index (κ2) is 7.94. The molecule has 130 valence electrons. The van der Waals surface area contributed by atoms with Gasteiger partial charge in [0.15, 0.2) is 6.61 Å². The van der Waals surface area contributed by atoms with Crippen molar-refractivity contribution >= 4 is 34.8 Å². The second-order valence-electron chi connectivity index (χ2n) is 5.60. The molecule has 6 nitrogen and oxygen atoms in total. The van der Waals surface area contributed by atoms with Crippen LogP contribution in [0, 0.1) is 0 Å². The summed E-state index contributed by atoms with van der Waals surface area (Å²) in [6.45, 7) is 0.0190. The molecule has 0 unspecified atom stereocenters. The number of rotatable bonds is 5. The molecule has 3 rings (SSSR count). The summed E-state index contributed by atoms with van der Waals surface area (Å²) >= 11 is 1.29. The van der Waals surface area contributed by atoms with Gasteiger partial charge in [-0.3, -0.25) is 14.4 Å². The van der Waals surface area contributed by atoms with Crippen LogP contribution in [0.3, 0.4) is 0 Å². The van der Waals surface area contributed by atoms with E-state index in [0.717, 1.165) is 24.1 Å². The lowest BCUT2D eigenvalue weighted by Crippen LogP contribution is -2.39. The minimum absolute atomic E-state index is 0.259. The Bertz CT molecular complexity index is 773. The highest BCUT2D eigenvalue weighted by Gasteiger charge is 2.23. The third-order valence-corrected chi connectivity index (χ3v) is 4.77. The van der Waals surface area contributed by atoms with Crippen LogP contribution in [0.1, 0.15) is 21.7 Å². The Morgan fingerprint density at radius 2 is 2.00 bits per heavy atom. The van der Waals surface area contributed by atoms with E-state index in [1.807, 2.05) is 24.3 Å². The van der Waals surface area contributed by atoms with Crippen LogP contribution in [-0.2, 0) is 20.7 Å². The van der Waals surface area contributed by atoms with Crippen molar-refractivity contribution in [1.29, 1.82) is 0 Å². The quantitative estimate of drug-likeness (QED) is 0.830. The summed E-state index contributed by atoms with van der Waals surface area (Å²) in [5.41, 5.74) is 2.00. The van der Waals surface area contributed by atoms with E-state index < -0.39 is 5.97 Å². The number of hydrogen-bond acceptors (Lipinski definition) is 5. The van der Waals surface area contributed by atoms with Gasteiger partial charge in [-0.05, 0) is 35.9 Å². The van der Waals surface area contributed by atoms with Crippen molar-refractivity contribution in [2.75, 3.05) is 24.6 Å². The van der Waals surface area contributed by atoms with Gasteiger partial charge in [-0.15, -0.1) is 11.3 Å². The normalized spacial score (nSPS) is 13.0. The fourth-order valence-electron chi connectivity index (χ4n) is 2.71. The monoisotopic (exact) mass is 358 g/mol. The minimum Gasteiger partial charge on any atom is -0.454 e. The number of nitrogens with zero attached hydrogens (tertiary/aromatic N) is 1. The molecular formula is C18H18N2O4S. The van der Waals surface area contributed by atoms with E-state index in [0.29, 0.717) is 11.4 Å². The number of fused-ring (bicyclic) bond motifs is 1. The van der Waals surface area contributed by atoms with Crippen molar-refractivity contribution in [2.24, 2.45) is 0 Å². The Balaban J connectivity index is 1.48. The van der Waals surface area contributed by atoms with E-state index in [1.165, 1.54) is 11.3 Å². The zero-order valence-electron chi connectivity index (χ0n) is 13.6. The largest absolute Gasteiger partial charge is 0.454 e. The average molecular weight is 358 g/mol. The Labute approximate surface area is 149 Å². The van der Waals surface area contributed by atoms with Gasteiger partial charge >= 0.3 is 5.97 Å². The maximum absolute atomic E-state index is 12.4. The molecule has 2 heterocycles. The number of hydrogen-bond donors (Lipinski definition) is 1. The minimum atomic E-state index is -0.636. The molecule has 1 N–H and O–H groups in total. The summed E-state index contributed by atoms with van der Waals surface area (Å²) < 4.78 is 5.00. The first-order chi connectivity index (χ1) is 12.1. The van der Waals surface area contributed by atoms with Crippen molar-refractivity contribution in [3.05, 3.63) is 52.2 Å². The third kappa shape index (κ3) is 4.24. The number of amides is 2. The number of thiophene rings is 1. The number of aryl methyl sites for hydroxylation is 1. The van der Waals surface area contributed by atoms with Crippen molar-refractivity contribution in [2.45, 2.75) is 12.8 Å². The zero-order chi connectivity index (χ0) is 17.6. The molecule has 7 heteroatoms. The van der Waals surface area contributed by atoms with E-state index >= 15 is 0 Å². The van der Waals surface area contributed by atoms with Gasteiger partial charge < -0.3 is 15.0 Å². The van der Waals surface area contributed by atoms with Crippen LogP contribution in [0.5, 0.6) is 0 Å². The van der Waals surface area contributed by atoms with E-state index in [9.17, 15) is 14.4 Å². The predicted octanol–water partition coefficient (Wildman–Crippen LogP) is 2.00. The summed E-state index contributed by atoms with van der Waals surface area (Å²) in [4.78, 5) is 38.0. The summed E-state index contributed by atoms with van der Waals surface area (Å²) in [6, 6.07) is 11.2. The maximum atomic E-state index is 12.4. The summed E-state index contributed by atoms with van der Waals surface area (Å²) in [5.74, 6) is -1.23. The predicted molar refractivity (Wildman–Crippen MR) is 94.7 cm³/mol. The van der Waals surface area contributed by atoms with Crippen LogP contribution in [0.15, 0.2) is 41.8 Å². The smallest absolute Gasteiger partial charge is 0.325 e. The summed E-state index contributed by atoms with van der Waals surface area (Å²) in [7, 11) is 0. The molecule has 1 aromatic heterocycles.